The van der Waals surface area contributed by atoms with E-state index in [-0.39, 0.29) is 41.2 Å². The number of thioether (sulfide) groups is 1. The van der Waals surface area contributed by atoms with E-state index >= 15 is 0 Å². The van der Waals surface area contributed by atoms with Crippen molar-refractivity contribution >= 4 is 63.4 Å². The highest BCUT2D eigenvalue weighted by Gasteiger charge is 2.20. The Morgan fingerprint density at radius 3 is 2.61 bits per heavy atom. The van der Waals surface area contributed by atoms with Crippen LogP contribution in [0, 0.1) is 5.82 Å². The molecule has 3 aromatic rings. The Morgan fingerprint density at radius 2 is 1.89 bits per heavy atom. The van der Waals surface area contributed by atoms with E-state index in [1.807, 2.05) is 6.92 Å². The second kappa shape index (κ2) is 13.9. The van der Waals surface area contributed by atoms with Gasteiger partial charge in [-0.1, -0.05) is 11.6 Å². The summed E-state index contributed by atoms with van der Waals surface area (Å²) in [6, 6.07) is 6.94. The fraction of sp³-hybridized carbons (Fsp3) is 0.346. The van der Waals surface area contributed by atoms with Crippen LogP contribution in [-0.2, 0) is 25.5 Å². The van der Waals surface area contributed by atoms with E-state index < -0.39 is 17.8 Å². The topological polar surface area (TPSA) is 120 Å². The lowest BCUT2D eigenvalue weighted by Gasteiger charge is -2.16. The van der Waals surface area contributed by atoms with Gasteiger partial charge in [-0.25, -0.2) is 14.4 Å². The molecule has 0 aliphatic rings. The van der Waals surface area contributed by atoms with Gasteiger partial charge in [-0.3, -0.25) is 14.4 Å². The van der Waals surface area contributed by atoms with Crippen LogP contribution in [0.1, 0.15) is 26.3 Å². The smallest absolute Gasteiger partial charge is 0.315 e. The van der Waals surface area contributed by atoms with Crippen LogP contribution < -0.4 is 15.4 Å². The molecular formula is C26H28ClFN4O5S. The number of carbonyl (C=O) groups is 3. The van der Waals surface area contributed by atoms with Gasteiger partial charge in [-0.05, 0) is 45.0 Å². The summed E-state index contributed by atoms with van der Waals surface area (Å²) >= 11 is 7.02. The van der Waals surface area contributed by atoms with Crippen LogP contribution in [0.2, 0.25) is 5.02 Å². The van der Waals surface area contributed by atoms with Gasteiger partial charge in [-0.15, -0.1) is 11.8 Å². The summed E-state index contributed by atoms with van der Waals surface area (Å²) in [4.78, 5) is 45.3. The first-order valence-electron chi connectivity index (χ1n) is 11.9. The van der Waals surface area contributed by atoms with Crippen molar-refractivity contribution in [3.63, 3.8) is 0 Å². The van der Waals surface area contributed by atoms with Crippen molar-refractivity contribution in [2.75, 3.05) is 30.0 Å². The summed E-state index contributed by atoms with van der Waals surface area (Å²) in [5.41, 5.74) is 1.70. The van der Waals surface area contributed by atoms with Crippen molar-refractivity contribution in [3.8, 4) is 5.75 Å². The first-order valence-corrected chi connectivity index (χ1v) is 13.4. The SMILES string of the molecule is CCOC(=O)CSCC(=O)N[C@@H](C)C(=O)Cc1cc2c(Nc3ccc(F)c(Cl)c3)ncnc2cc1OCC. The van der Waals surface area contributed by atoms with E-state index in [2.05, 4.69) is 20.6 Å². The molecule has 12 heteroatoms. The van der Waals surface area contributed by atoms with Crippen molar-refractivity contribution in [2.45, 2.75) is 33.2 Å². The number of hydrogen-bond donors (Lipinski definition) is 2. The van der Waals surface area contributed by atoms with Crippen LogP contribution in [0.5, 0.6) is 5.75 Å². The molecule has 0 aliphatic carbocycles. The zero-order chi connectivity index (χ0) is 27.7. The molecule has 0 fully saturated rings. The lowest BCUT2D eigenvalue weighted by molar-refractivity contribution is -0.139. The Hall–Kier alpha value is -3.44. The molecule has 0 aliphatic heterocycles. The molecule has 0 bridgehead atoms. The standard InChI is InChI=1S/C26H28ClFN4O5S/c1-4-36-23-11-21-18(26(30-14-29-21)32-17-6-7-20(28)19(27)10-17)8-16(23)9-22(33)15(3)31-24(34)12-38-13-25(35)37-5-2/h6-8,10-11,14-15H,4-5,9,12-13H2,1-3H3,(H,31,34)(H,29,30,32)/t15-/m0/s1. The van der Waals surface area contributed by atoms with Crippen LogP contribution in [0.3, 0.4) is 0 Å². The predicted molar refractivity (Wildman–Crippen MR) is 146 cm³/mol. The minimum atomic E-state index is -0.762. The van der Waals surface area contributed by atoms with Gasteiger partial charge in [-0.2, -0.15) is 0 Å². The van der Waals surface area contributed by atoms with E-state index in [0.29, 0.717) is 40.3 Å². The second-order valence-corrected chi connectivity index (χ2v) is 9.51. The van der Waals surface area contributed by atoms with Crippen molar-refractivity contribution in [1.82, 2.24) is 15.3 Å². The van der Waals surface area contributed by atoms with Crippen LogP contribution in [0.25, 0.3) is 10.9 Å². The maximum atomic E-state index is 13.6. The summed E-state index contributed by atoms with van der Waals surface area (Å²) in [5.74, 6) is -0.509. The van der Waals surface area contributed by atoms with Gasteiger partial charge in [0.2, 0.25) is 5.91 Å². The van der Waals surface area contributed by atoms with Crippen molar-refractivity contribution in [3.05, 3.63) is 53.1 Å². The number of hydrogen-bond acceptors (Lipinski definition) is 9. The van der Waals surface area contributed by atoms with Gasteiger partial charge in [0.1, 0.15) is 23.7 Å². The number of benzene rings is 2. The van der Waals surface area contributed by atoms with Crippen molar-refractivity contribution in [1.29, 1.82) is 0 Å². The molecule has 0 saturated carbocycles. The number of amides is 1. The third kappa shape index (κ3) is 8.03. The van der Waals surface area contributed by atoms with Gasteiger partial charge in [0.15, 0.2) is 5.78 Å². The van der Waals surface area contributed by atoms with Gasteiger partial charge in [0.05, 0.1) is 41.3 Å². The normalized spacial score (nSPS) is 11.6. The average molecular weight is 563 g/mol. The quantitative estimate of drug-likeness (QED) is 0.291. The summed E-state index contributed by atoms with van der Waals surface area (Å²) in [7, 11) is 0. The summed E-state index contributed by atoms with van der Waals surface area (Å²) in [6.45, 7) is 5.80. The molecule has 202 valence electrons. The molecule has 2 aromatic carbocycles. The van der Waals surface area contributed by atoms with Gasteiger partial charge in [0.25, 0.3) is 0 Å². The number of nitrogens with zero attached hydrogens (tertiary/aromatic N) is 2. The number of rotatable bonds is 13. The van der Waals surface area contributed by atoms with E-state index in [9.17, 15) is 18.8 Å². The van der Waals surface area contributed by atoms with Crippen molar-refractivity contribution < 1.29 is 28.2 Å². The van der Waals surface area contributed by atoms with E-state index in [0.717, 1.165) is 11.8 Å². The third-order valence-electron chi connectivity index (χ3n) is 5.28. The number of ketones is 1. The number of halogens is 2. The molecule has 1 heterocycles. The Kier molecular flexibility index (Phi) is 10.7. The van der Waals surface area contributed by atoms with Crippen LogP contribution in [-0.4, -0.2) is 58.4 Å². The molecule has 1 aromatic heterocycles. The number of esters is 1. The predicted octanol–water partition coefficient (Wildman–Crippen LogP) is 4.48. The third-order valence-corrected chi connectivity index (χ3v) is 6.48. The number of ether oxygens (including phenoxy) is 2. The highest BCUT2D eigenvalue weighted by molar-refractivity contribution is 8.00. The molecule has 38 heavy (non-hydrogen) atoms. The van der Waals surface area contributed by atoms with E-state index in [1.165, 1.54) is 24.5 Å². The number of Topliss-reactive ketones (excluding diaryl/α,β-unsaturated/α-hetero) is 1. The number of anilines is 2. The molecule has 9 nitrogen and oxygen atoms in total. The zero-order valence-corrected chi connectivity index (χ0v) is 22.7. The molecule has 1 atom stereocenters. The maximum absolute atomic E-state index is 13.6. The van der Waals surface area contributed by atoms with E-state index in [4.69, 9.17) is 21.1 Å². The van der Waals surface area contributed by atoms with Crippen LogP contribution in [0.15, 0.2) is 36.7 Å². The summed E-state index contributed by atoms with van der Waals surface area (Å²) in [5, 5.41) is 6.36. The Morgan fingerprint density at radius 1 is 1.11 bits per heavy atom. The monoisotopic (exact) mass is 562 g/mol. The molecule has 0 spiro atoms. The number of nitrogens with one attached hydrogen (secondary N) is 2. The fourth-order valence-corrected chi connectivity index (χ4v) is 4.30. The fourth-order valence-electron chi connectivity index (χ4n) is 3.50. The second-order valence-electron chi connectivity index (χ2n) is 8.12. The molecule has 0 unspecified atom stereocenters. The molecule has 0 saturated heterocycles. The molecule has 1 amide bonds. The van der Waals surface area contributed by atoms with E-state index in [1.54, 1.807) is 26.0 Å². The first-order chi connectivity index (χ1) is 18.2. The molecular weight excluding hydrogens is 535 g/mol. The number of carbonyl (C=O) groups excluding carboxylic acids is 3. The highest BCUT2D eigenvalue weighted by atomic mass is 35.5. The zero-order valence-electron chi connectivity index (χ0n) is 21.2. The minimum absolute atomic E-state index is 0.0145. The lowest BCUT2D eigenvalue weighted by atomic mass is 10.0. The van der Waals surface area contributed by atoms with Gasteiger partial charge < -0.3 is 20.1 Å². The van der Waals surface area contributed by atoms with Crippen LogP contribution in [0.4, 0.5) is 15.9 Å². The average Bonchev–Trinajstić information content (AvgIpc) is 2.87. The maximum Gasteiger partial charge on any atom is 0.315 e. The molecule has 3 rings (SSSR count). The van der Waals surface area contributed by atoms with Crippen molar-refractivity contribution in [2.24, 2.45) is 0 Å². The largest absolute Gasteiger partial charge is 0.494 e. The number of aromatic nitrogens is 2. The highest BCUT2D eigenvalue weighted by Crippen LogP contribution is 2.31. The van der Waals surface area contributed by atoms with Gasteiger partial charge in [0, 0.05) is 29.1 Å². The van der Waals surface area contributed by atoms with Crippen LogP contribution >= 0.6 is 23.4 Å². The Bertz CT molecular complexity index is 1330. The summed E-state index contributed by atoms with van der Waals surface area (Å²) in [6.07, 6.45) is 1.37. The lowest BCUT2D eigenvalue weighted by Crippen LogP contribution is -2.40. The Labute approximate surface area is 228 Å². The number of fused-ring (bicyclic) bond motifs is 1. The minimum Gasteiger partial charge on any atom is -0.494 e. The molecule has 2 N–H and O–H groups in total. The Balaban J connectivity index is 1.76. The first kappa shape index (κ1) is 29.1. The molecule has 0 radical (unpaired) electrons. The summed E-state index contributed by atoms with van der Waals surface area (Å²) < 4.78 is 24.2. The van der Waals surface area contributed by atoms with Gasteiger partial charge >= 0.3 is 5.97 Å².